The van der Waals surface area contributed by atoms with Crippen LogP contribution >= 0.6 is 11.6 Å². The van der Waals surface area contributed by atoms with E-state index in [0.717, 1.165) is 0 Å². The summed E-state index contributed by atoms with van der Waals surface area (Å²) in [5, 5.41) is 18.3. The van der Waals surface area contributed by atoms with Gasteiger partial charge in [-0.05, 0) is 24.3 Å². The van der Waals surface area contributed by atoms with E-state index >= 15 is 0 Å². The molecule has 2 aromatic rings. The molecule has 0 unspecified atom stereocenters. The first kappa shape index (κ1) is 14.9. The first-order chi connectivity index (χ1) is 10.1. The highest BCUT2D eigenvalue weighted by molar-refractivity contribution is 6.33. The summed E-state index contributed by atoms with van der Waals surface area (Å²) >= 11 is 5.91. The third-order valence-electron chi connectivity index (χ3n) is 2.65. The lowest BCUT2D eigenvalue weighted by Crippen LogP contribution is -2.31. The van der Waals surface area contributed by atoms with Gasteiger partial charge in [0.25, 0.3) is 0 Å². The number of nitrogens with one attached hydrogen (secondary N) is 2. The van der Waals surface area contributed by atoms with Gasteiger partial charge < -0.3 is 15.7 Å². The fraction of sp³-hybridized carbons (Fsp3) is 0.154. The predicted octanol–water partition coefficient (Wildman–Crippen LogP) is 2.06. The van der Waals surface area contributed by atoms with Crippen molar-refractivity contribution in [2.45, 2.75) is 6.54 Å². The minimum absolute atomic E-state index is 0.0474. The quantitative estimate of drug-likeness (QED) is 0.787. The number of aromatic nitrogens is 2. The number of nitrogens with zero attached hydrogens (tertiary/aromatic N) is 2. The zero-order valence-electron chi connectivity index (χ0n) is 10.9. The molecule has 0 aliphatic rings. The van der Waals surface area contributed by atoms with E-state index in [1.54, 1.807) is 23.1 Å². The van der Waals surface area contributed by atoms with E-state index in [2.05, 4.69) is 15.7 Å². The number of carbonyl (C=O) groups excluding carboxylic acids is 1. The van der Waals surface area contributed by atoms with Crippen LogP contribution in [0.3, 0.4) is 0 Å². The number of carboxylic acid groups (broad SMARTS) is 1. The maximum atomic E-state index is 11.7. The SMILES string of the molecule is O=C(NCCn1cccn1)Nc1cc(C(=O)O)ccc1Cl. The Bertz CT molecular complexity index is 643. The van der Waals surface area contributed by atoms with Gasteiger partial charge in [0.05, 0.1) is 22.8 Å². The molecule has 0 aliphatic carbocycles. The Morgan fingerprint density at radius 3 is 2.86 bits per heavy atom. The van der Waals surface area contributed by atoms with Gasteiger partial charge in [0, 0.05) is 18.9 Å². The zero-order valence-corrected chi connectivity index (χ0v) is 11.7. The van der Waals surface area contributed by atoms with Crippen molar-refractivity contribution in [2.24, 2.45) is 0 Å². The third-order valence-corrected chi connectivity index (χ3v) is 2.98. The van der Waals surface area contributed by atoms with Crippen LogP contribution in [0.25, 0.3) is 0 Å². The summed E-state index contributed by atoms with van der Waals surface area (Å²) in [7, 11) is 0. The van der Waals surface area contributed by atoms with Crippen LogP contribution in [0, 0.1) is 0 Å². The van der Waals surface area contributed by atoms with E-state index in [-0.39, 0.29) is 16.3 Å². The van der Waals surface area contributed by atoms with Crippen LogP contribution < -0.4 is 10.6 Å². The van der Waals surface area contributed by atoms with Crippen molar-refractivity contribution in [1.82, 2.24) is 15.1 Å². The molecule has 0 saturated heterocycles. The average molecular weight is 309 g/mol. The molecule has 8 heteroatoms. The van der Waals surface area contributed by atoms with Gasteiger partial charge in [-0.3, -0.25) is 4.68 Å². The molecule has 21 heavy (non-hydrogen) atoms. The Kier molecular flexibility index (Phi) is 4.78. The van der Waals surface area contributed by atoms with E-state index in [4.69, 9.17) is 16.7 Å². The van der Waals surface area contributed by atoms with Gasteiger partial charge >= 0.3 is 12.0 Å². The van der Waals surface area contributed by atoms with Gasteiger partial charge in [-0.15, -0.1) is 0 Å². The van der Waals surface area contributed by atoms with Crippen molar-refractivity contribution in [1.29, 1.82) is 0 Å². The molecule has 0 saturated carbocycles. The molecule has 2 amide bonds. The molecule has 7 nitrogen and oxygen atoms in total. The van der Waals surface area contributed by atoms with Gasteiger partial charge in [-0.25, -0.2) is 9.59 Å². The highest BCUT2D eigenvalue weighted by Crippen LogP contribution is 2.22. The van der Waals surface area contributed by atoms with E-state index in [0.29, 0.717) is 13.1 Å². The van der Waals surface area contributed by atoms with Crippen molar-refractivity contribution < 1.29 is 14.7 Å². The molecule has 0 fully saturated rings. The van der Waals surface area contributed by atoms with Crippen LogP contribution in [0.1, 0.15) is 10.4 Å². The summed E-state index contributed by atoms with van der Waals surface area (Å²) in [6.07, 6.45) is 3.43. The Hall–Kier alpha value is -2.54. The number of anilines is 1. The first-order valence-electron chi connectivity index (χ1n) is 6.11. The Morgan fingerprint density at radius 1 is 1.38 bits per heavy atom. The molecule has 110 valence electrons. The van der Waals surface area contributed by atoms with Gasteiger partial charge in [0.2, 0.25) is 0 Å². The zero-order chi connectivity index (χ0) is 15.2. The second-order valence-corrected chi connectivity index (χ2v) is 4.56. The van der Waals surface area contributed by atoms with E-state index in [9.17, 15) is 9.59 Å². The summed E-state index contributed by atoms with van der Waals surface area (Å²) in [5.41, 5.74) is 0.291. The van der Waals surface area contributed by atoms with E-state index in [1.165, 1.54) is 18.2 Å². The highest BCUT2D eigenvalue weighted by atomic mass is 35.5. The lowest BCUT2D eigenvalue weighted by atomic mass is 10.2. The first-order valence-corrected chi connectivity index (χ1v) is 6.49. The van der Waals surface area contributed by atoms with Crippen molar-refractivity contribution in [3.63, 3.8) is 0 Å². The summed E-state index contributed by atoms with van der Waals surface area (Å²) in [4.78, 5) is 22.6. The molecule has 2 rings (SSSR count). The van der Waals surface area contributed by atoms with Gasteiger partial charge in [0.1, 0.15) is 0 Å². The van der Waals surface area contributed by atoms with Crippen LogP contribution in [-0.2, 0) is 6.54 Å². The van der Waals surface area contributed by atoms with Crippen molar-refractivity contribution in [3.8, 4) is 0 Å². The lowest BCUT2D eigenvalue weighted by Gasteiger charge is -2.09. The number of aromatic carboxylic acids is 1. The van der Waals surface area contributed by atoms with Crippen LogP contribution in [0.2, 0.25) is 5.02 Å². The number of urea groups is 1. The minimum atomic E-state index is -1.09. The second-order valence-electron chi connectivity index (χ2n) is 4.15. The van der Waals surface area contributed by atoms with Gasteiger partial charge in [0.15, 0.2) is 0 Å². The predicted molar refractivity (Wildman–Crippen MR) is 77.7 cm³/mol. The number of carbonyl (C=O) groups is 2. The summed E-state index contributed by atoms with van der Waals surface area (Å²) in [5.74, 6) is -1.09. The molecular weight excluding hydrogens is 296 g/mol. The number of amides is 2. The summed E-state index contributed by atoms with van der Waals surface area (Å²) < 4.78 is 1.68. The number of hydrogen-bond donors (Lipinski definition) is 3. The van der Waals surface area contributed by atoms with Crippen molar-refractivity contribution in [3.05, 3.63) is 47.2 Å². The number of carboxylic acids is 1. The fourth-order valence-corrected chi connectivity index (χ4v) is 1.80. The molecule has 0 spiro atoms. The molecule has 0 aliphatic heterocycles. The van der Waals surface area contributed by atoms with Gasteiger partial charge in [-0.2, -0.15) is 5.10 Å². The maximum Gasteiger partial charge on any atom is 0.335 e. The number of halogens is 1. The lowest BCUT2D eigenvalue weighted by molar-refractivity contribution is 0.0697. The monoisotopic (exact) mass is 308 g/mol. The van der Waals surface area contributed by atoms with Gasteiger partial charge in [-0.1, -0.05) is 11.6 Å². The highest BCUT2D eigenvalue weighted by Gasteiger charge is 2.09. The Labute approximate surface area is 125 Å². The molecule has 1 aromatic carbocycles. The van der Waals surface area contributed by atoms with Crippen molar-refractivity contribution in [2.75, 3.05) is 11.9 Å². The Balaban J connectivity index is 1.90. The Morgan fingerprint density at radius 2 is 2.19 bits per heavy atom. The van der Waals surface area contributed by atoms with E-state index < -0.39 is 12.0 Å². The standard InChI is InChI=1S/C13H13ClN4O3/c14-10-3-2-9(12(19)20)8-11(10)17-13(21)15-5-7-18-6-1-4-16-18/h1-4,6,8H,5,7H2,(H,19,20)(H2,15,17,21). The molecule has 3 N–H and O–H groups in total. The van der Waals surface area contributed by atoms with Crippen LogP contribution in [0.4, 0.5) is 10.5 Å². The molecule has 0 atom stereocenters. The summed E-state index contributed by atoms with van der Waals surface area (Å²) in [6.45, 7) is 0.910. The van der Waals surface area contributed by atoms with Crippen molar-refractivity contribution >= 4 is 29.3 Å². The largest absolute Gasteiger partial charge is 0.478 e. The number of rotatable bonds is 5. The third kappa shape index (κ3) is 4.22. The fourth-order valence-electron chi connectivity index (χ4n) is 1.64. The molecule has 0 radical (unpaired) electrons. The smallest absolute Gasteiger partial charge is 0.335 e. The van der Waals surface area contributed by atoms with E-state index in [1.807, 2.05) is 0 Å². The normalized spacial score (nSPS) is 10.1. The van der Waals surface area contributed by atoms with Crippen LogP contribution in [0.15, 0.2) is 36.7 Å². The average Bonchev–Trinajstić information content (AvgIpc) is 2.94. The topological polar surface area (TPSA) is 96.3 Å². The molecular formula is C13H13ClN4O3. The maximum absolute atomic E-state index is 11.7. The number of benzene rings is 1. The van der Waals surface area contributed by atoms with Crippen LogP contribution in [-0.4, -0.2) is 33.4 Å². The molecule has 1 aromatic heterocycles. The van der Waals surface area contributed by atoms with Crippen LogP contribution in [0.5, 0.6) is 0 Å². The molecule has 0 bridgehead atoms. The summed E-state index contributed by atoms with van der Waals surface area (Å²) in [6, 6.07) is 5.41. The number of hydrogen-bond acceptors (Lipinski definition) is 3. The molecule has 1 heterocycles. The second kappa shape index (κ2) is 6.76. The minimum Gasteiger partial charge on any atom is -0.478 e.